The van der Waals surface area contributed by atoms with Crippen molar-refractivity contribution in [2.24, 2.45) is 5.92 Å². The number of hydrogen-bond acceptors (Lipinski definition) is 3. The molecule has 4 heteroatoms. The SMILES string of the molecule is CCCc1nnc(-c2cc3ccccc3n2CCC(C)C)o1. The molecule has 0 saturated carbocycles. The van der Waals surface area contributed by atoms with Gasteiger partial charge in [0.1, 0.15) is 5.69 Å². The van der Waals surface area contributed by atoms with E-state index in [4.69, 9.17) is 4.42 Å². The largest absolute Gasteiger partial charge is 0.419 e. The molecule has 0 aliphatic carbocycles. The first kappa shape index (κ1) is 14.8. The van der Waals surface area contributed by atoms with Crippen LogP contribution in [0.3, 0.4) is 0 Å². The topological polar surface area (TPSA) is 43.9 Å². The van der Waals surface area contributed by atoms with Crippen LogP contribution in [0.4, 0.5) is 0 Å². The molecule has 0 radical (unpaired) electrons. The summed E-state index contributed by atoms with van der Waals surface area (Å²) in [6.07, 6.45) is 2.97. The summed E-state index contributed by atoms with van der Waals surface area (Å²) >= 11 is 0. The first-order valence-electron chi connectivity index (χ1n) is 8.10. The predicted octanol–water partition coefficient (Wildman–Crippen LogP) is 4.69. The Balaban J connectivity index is 2.04. The number of rotatable bonds is 6. The van der Waals surface area contributed by atoms with Gasteiger partial charge in [-0.2, -0.15) is 0 Å². The average molecular weight is 297 g/mol. The van der Waals surface area contributed by atoms with Gasteiger partial charge < -0.3 is 8.98 Å². The first-order valence-corrected chi connectivity index (χ1v) is 8.10. The van der Waals surface area contributed by atoms with Crippen molar-refractivity contribution in [1.82, 2.24) is 14.8 Å². The second kappa shape index (κ2) is 6.34. The lowest BCUT2D eigenvalue weighted by Gasteiger charge is -2.10. The molecule has 0 unspecified atom stereocenters. The molecule has 0 fully saturated rings. The second-order valence-corrected chi connectivity index (χ2v) is 6.17. The Morgan fingerprint density at radius 1 is 1.18 bits per heavy atom. The lowest BCUT2D eigenvalue weighted by atomic mass is 10.1. The van der Waals surface area contributed by atoms with Crippen LogP contribution in [-0.4, -0.2) is 14.8 Å². The van der Waals surface area contributed by atoms with E-state index in [0.29, 0.717) is 11.8 Å². The molecule has 0 bridgehead atoms. The Morgan fingerprint density at radius 3 is 2.77 bits per heavy atom. The predicted molar refractivity (Wildman–Crippen MR) is 88.7 cm³/mol. The van der Waals surface area contributed by atoms with Gasteiger partial charge >= 0.3 is 0 Å². The van der Waals surface area contributed by atoms with Gasteiger partial charge in [0, 0.05) is 23.9 Å². The summed E-state index contributed by atoms with van der Waals surface area (Å²) in [6, 6.07) is 10.6. The third-order valence-corrected chi connectivity index (χ3v) is 3.89. The quantitative estimate of drug-likeness (QED) is 0.663. The first-order chi connectivity index (χ1) is 10.7. The minimum absolute atomic E-state index is 0.628. The summed E-state index contributed by atoms with van der Waals surface area (Å²) < 4.78 is 8.15. The summed E-state index contributed by atoms with van der Waals surface area (Å²) in [5.74, 6) is 2.01. The minimum Gasteiger partial charge on any atom is -0.419 e. The zero-order chi connectivity index (χ0) is 15.5. The Hall–Kier alpha value is -2.10. The van der Waals surface area contributed by atoms with Crippen LogP contribution in [0.15, 0.2) is 34.7 Å². The summed E-state index contributed by atoms with van der Waals surface area (Å²) in [4.78, 5) is 0. The van der Waals surface area contributed by atoms with Gasteiger partial charge in [-0.15, -0.1) is 10.2 Å². The number of nitrogens with zero attached hydrogens (tertiary/aromatic N) is 3. The third kappa shape index (κ3) is 2.91. The molecule has 0 N–H and O–H groups in total. The molecule has 1 aromatic carbocycles. The highest BCUT2D eigenvalue weighted by Crippen LogP contribution is 2.28. The molecule has 116 valence electrons. The maximum Gasteiger partial charge on any atom is 0.264 e. The van der Waals surface area contributed by atoms with Crippen LogP contribution >= 0.6 is 0 Å². The van der Waals surface area contributed by atoms with Crippen LogP contribution in [0.1, 0.15) is 39.5 Å². The van der Waals surface area contributed by atoms with Gasteiger partial charge in [0.15, 0.2) is 0 Å². The smallest absolute Gasteiger partial charge is 0.264 e. The standard InChI is InChI=1S/C18H23N3O/c1-4-7-17-19-20-18(22-17)16-12-14-8-5-6-9-15(14)21(16)11-10-13(2)3/h5-6,8-9,12-13H,4,7,10-11H2,1-3H3. The molecule has 0 spiro atoms. The Kier molecular flexibility index (Phi) is 4.27. The number of benzene rings is 1. The van der Waals surface area contributed by atoms with Crippen molar-refractivity contribution < 1.29 is 4.42 Å². The molecular formula is C18H23N3O. The van der Waals surface area contributed by atoms with E-state index >= 15 is 0 Å². The van der Waals surface area contributed by atoms with Gasteiger partial charge in [-0.3, -0.25) is 0 Å². The van der Waals surface area contributed by atoms with Gasteiger partial charge in [-0.1, -0.05) is 39.0 Å². The molecule has 0 aliphatic rings. The van der Waals surface area contributed by atoms with Gasteiger partial charge in [-0.25, -0.2) is 0 Å². The average Bonchev–Trinajstić information content (AvgIpc) is 3.09. The van der Waals surface area contributed by atoms with Crippen molar-refractivity contribution >= 4 is 10.9 Å². The van der Waals surface area contributed by atoms with Crippen LogP contribution in [0, 0.1) is 5.92 Å². The lowest BCUT2D eigenvalue weighted by Crippen LogP contribution is -2.03. The fourth-order valence-corrected chi connectivity index (χ4v) is 2.69. The fraction of sp³-hybridized carbons (Fsp3) is 0.444. The Morgan fingerprint density at radius 2 is 2.00 bits per heavy atom. The molecule has 2 aromatic heterocycles. The normalized spacial score (nSPS) is 11.6. The number of aromatic nitrogens is 3. The maximum atomic E-state index is 5.84. The number of aryl methyl sites for hydroxylation is 2. The Labute approximate surface area is 131 Å². The van der Waals surface area contributed by atoms with Gasteiger partial charge in [0.2, 0.25) is 5.89 Å². The highest BCUT2D eigenvalue weighted by Gasteiger charge is 2.16. The minimum atomic E-state index is 0.628. The highest BCUT2D eigenvalue weighted by atomic mass is 16.4. The van der Waals surface area contributed by atoms with E-state index in [1.807, 2.05) is 0 Å². The van der Waals surface area contributed by atoms with E-state index in [2.05, 4.69) is 65.9 Å². The van der Waals surface area contributed by atoms with Gasteiger partial charge in [0.05, 0.1) is 0 Å². The molecule has 4 nitrogen and oxygen atoms in total. The molecular weight excluding hydrogens is 274 g/mol. The van der Waals surface area contributed by atoms with E-state index in [1.54, 1.807) is 0 Å². The summed E-state index contributed by atoms with van der Waals surface area (Å²) in [7, 11) is 0. The summed E-state index contributed by atoms with van der Waals surface area (Å²) in [5, 5.41) is 9.63. The molecule has 0 amide bonds. The van der Waals surface area contributed by atoms with E-state index in [0.717, 1.165) is 37.4 Å². The van der Waals surface area contributed by atoms with Crippen molar-refractivity contribution in [3.63, 3.8) is 0 Å². The molecule has 0 saturated heterocycles. The zero-order valence-corrected chi connectivity index (χ0v) is 13.5. The molecule has 22 heavy (non-hydrogen) atoms. The van der Waals surface area contributed by atoms with Crippen LogP contribution in [0.2, 0.25) is 0 Å². The van der Waals surface area contributed by atoms with Crippen LogP contribution < -0.4 is 0 Å². The monoisotopic (exact) mass is 297 g/mol. The maximum absolute atomic E-state index is 5.84. The van der Waals surface area contributed by atoms with E-state index in [9.17, 15) is 0 Å². The van der Waals surface area contributed by atoms with Crippen LogP contribution in [0.25, 0.3) is 22.5 Å². The number of hydrogen-bond donors (Lipinski definition) is 0. The summed E-state index contributed by atoms with van der Waals surface area (Å²) in [6.45, 7) is 7.57. The molecule has 2 heterocycles. The van der Waals surface area contributed by atoms with Crippen molar-refractivity contribution in [2.75, 3.05) is 0 Å². The van der Waals surface area contributed by atoms with Crippen molar-refractivity contribution in [1.29, 1.82) is 0 Å². The number of fused-ring (bicyclic) bond motifs is 1. The van der Waals surface area contributed by atoms with E-state index in [-0.39, 0.29) is 0 Å². The molecule has 3 aromatic rings. The van der Waals surface area contributed by atoms with Crippen molar-refractivity contribution in [3.05, 3.63) is 36.2 Å². The molecule has 0 aliphatic heterocycles. The summed E-state index contributed by atoms with van der Waals surface area (Å²) in [5.41, 5.74) is 2.25. The van der Waals surface area contributed by atoms with E-state index in [1.165, 1.54) is 10.9 Å². The van der Waals surface area contributed by atoms with Crippen molar-refractivity contribution in [2.45, 2.75) is 46.6 Å². The number of para-hydroxylation sites is 1. The Bertz CT molecular complexity index is 755. The van der Waals surface area contributed by atoms with Crippen molar-refractivity contribution in [3.8, 4) is 11.6 Å². The fourth-order valence-electron chi connectivity index (χ4n) is 2.69. The van der Waals surface area contributed by atoms with Gasteiger partial charge in [-0.05, 0) is 30.9 Å². The second-order valence-electron chi connectivity index (χ2n) is 6.17. The van der Waals surface area contributed by atoms with E-state index < -0.39 is 0 Å². The van der Waals surface area contributed by atoms with Gasteiger partial charge in [0.25, 0.3) is 5.89 Å². The third-order valence-electron chi connectivity index (χ3n) is 3.89. The zero-order valence-electron chi connectivity index (χ0n) is 13.5. The molecule has 0 atom stereocenters. The highest BCUT2D eigenvalue weighted by molar-refractivity contribution is 5.85. The lowest BCUT2D eigenvalue weighted by molar-refractivity contribution is 0.490. The van der Waals surface area contributed by atoms with Crippen LogP contribution in [-0.2, 0) is 13.0 Å². The molecule has 3 rings (SSSR count). The van der Waals surface area contributed by atoms with Crippen LogP contribution in [0.5, 0.6) is 0 Å².